The Kier molecular flexibility index (Phi) is 47.4. The fraction of sp³-hybridized carbons (Fsp3) is 0.609. The molecule has 0 aliphatic carbocycles. The van der Waals surface area contributed by atoms with Crippen molar-refractivity contribution in [3.05, 3.63) is 146 Å². The highest BCUT2D eigenvalue weighted by Gasteiger charge is 2.44. The van der Waals surface area contributed by atoms with Gasteiger partial charge < -0.3 is 40.3 Å². The third-order valence-corrected chi connectivity index (χ3v) is 12.4. The van der Waals surface area contributed by atoms with E-state index in [-0.39, 0.29) is 18.9 Å². The summed E-state index contributed by atoms with van der Waals surface area (Å²) in [5, 5.41) is 54.4. The Hall–Kier alpha value is -3.93. The van der Waals surface area contributed by atoms with Crippen LogP contribution in [0.15, 0.2) is 146 Å². The number of carbonyl (C=O) groups is 1. The smallest absolute Gasteiger partial charge is 0.220 e. The maximum Gasteiger partial charge on any atom is 0.220 e. The molecule has 0 aromatic heterocycles. The van der Waals surface area contributed by atoms with Gasteiger partial charge in [0, 0.05) is 6.42 Å². The second-order valence-electron chi connectivity index (χ2n) is 19.0. The highest BCUT2D eigenvalue weighted by molar-refractivity contribution is 5.76. The topological polar surface area (TPSA) is 149 Å². The molecule has 1 rings (SSSR count). The number of aliphatic hydroxyl groups is 5. The molecule has 0 spiro atoms. The Balaban J connectivity index is 2.32. The van der Waals surface area contributed by atoms with Gasteiger partial charge in [0.2, 0.25) is 5.91 Å². The van der Waals surface area contributed by atoms with Crippen LogP contribution in [0.1, 0.15) is 194 Å². The van der Waals surface area contributed by atoms with E-state index in [1.54, 1.807) is 6.08 Å². The van der Waals surface area contributed by atoms with Crippen molar-refractivity contribution in [1.29, 1.82) is 0 Å². The number of aliphatic hydroxyl groups excluding tert-OH is 5. The lowest BCUT2D eigenvalue weighted by Gasteiger charge is -2.40. The molecule has 73 heavy (non-hydrogen) atoms. The Morgan fingerprint density at radius 1 is 0.479 bits per heavy atom. The summed E-state index contributed by atoms with van der Waals surface area (Å²) in [7, 11) is 0. The van der Waals surface area contributed by atoms with E-state index in [1.807, 2.05) is 6.08 Å². The van der Waals surface area contributed by atoms with E-state index in [2.05, 4.69) is 153 Å². The third kappa shape index (κ3) is 41.1. The van der Waals surface area contributed by atoms with Gasteiger partial charge in [-0.15, -0.1) is 0 Å². The molecule has 1 heterocycles. The number of carbonyl (C=O) groups excluding carboxylic acids is 1. The molecule has 1 saturated heterocycles. The van der Waals surface area contributed by atoms with Crippen LogP contribution in [0.3, 0.4) is 0 Å². The highest BCUT2D eigenvalue weighted by atomic mass is 16.7. The average molecular weight is 1010 g/mol. The second-order valence-corrected chi connectivity index (χ2v) is 19.0. The van der Waals surface area contributed by atoms with Crippen LogP contribution in [0.4, 0.5) is 0 Å². The molecular formula is C64H103NO8. The van der Waals surface area contributed by atoms with Crippen molar-refractivity contribution in [1.82, 2.24) is 5.32 Å². The molecule has 0 radical (unpaired) electrons. The van der Waals surface area contributed by atoms with E-state index in [9.17, 15) is 30.3 Å². The van der Waals surface area contributed by atoms with Crippen molar-refractivity contribution in [2.75, 3.05) is 13.2 Å². The zero-order chi connectivity index (χ0) is 52.9. The summed E-state index contributed by atoms with van der Waals surface area (Å²) >= 11 is 0. The minimum atomic E-state index is -1.59. The molecular weight excluding hydrogens is 911 g/mol. The molecule has 1 aliphatic rings. The molecule has 1 aliphatic heterocycles. The first-order valence-electron chi connectivity index (χ1n) is 28.6. The van der Waals surface area contributed by atoms with Gasteiger partial charge in [-0.05, 0) is 116 Å². The van der Waals surface area contributed by atoms with E-state index in [4.69, 9.17) is 9.47 Å². The minimum absolute atomic E-state index is 0.230. The van der Waals surface area contributed by atoms with Gasteiger partial charge in [0.05, 0.1) is 25.4 Å². The van der Waals surface area contributed by atoms with E-state index in [0.717, 1.165) is 103 Å². The third-order valence-electron chi connectivity index (χ3n) is 12.4. The Morgan fingerprint density at radius 2 is 0.863 bits per heavy atom. The number of nitrogens with one attached hydrogen (secondary N) is 1. The number of amides is 1. The Labute approximate surface area is 444 Å². The van der Waals surface area contributed by atoms with Gasteiger partial charge in [0.25, 0.3) is 0 Å². The van der Waals surface area contributed by atoms with Crippen molar-refractivity contribution in [3.8, 4) is 0 Å². The van der Waals surface area contributed by atoms with E-state index < -0.39 is 49.5 Å². The second kappa shape index (κ2) is 51.6. The number of hydrogen-bond donors (Lipinski definition) is 6. The zero-order valence-electron chi connectivity index (χ0n) is 45.6. The van der Waals surface area contributed by atoms with Crippen molar-refractivity contribution in [2.45, 2.75) is 236 Å². The maximum absolute atomic E-state index is 13.0. The van der Waals surface area contributed by atoms with Gasteiger partial charge in [-0.3, -0.25) is 4.79 Å². The van der Waals surface area contributed by atoms with Crippen LogP contribution in [-0.4, -0.2) is 87.5 Å². The fourth-order valence-corrected chi connectivity index (χ4v) is 7.88. The van der Waals surface area contributed by atoms with Crippen LogP contribution in [-0.2, 0) is 14.3 Å². The molecule has 0 aromatic carbocycles. The molecule has 0 aromatic rings. The predicted molar refractivity (Wildman–Crippen MR) is 308 cm³/mol. The van der Waals surface area contributed by atoms with Crippen LogP contribution in [0, 0.1) is 0 Å². The molecule has 412 valence electrons. The summed E-state index contributed by atoms with van der Waals surface area (Å²) in [6.07, 6.45) is 73.3. The molecule has 6 N–H and O–H groups in total. The van der Waals surface area contributed by atoms with Gasteiger partial charge in [-0.2, -0.15) is 0 Å². The van der Waals surface area contributed by atoms with Gasteiger partial charge in [0.15, 0.2) is 6.29 Å². The summed E-state index contributed by atoms with van der Waals surface area (Å²) in [6.45, 7) is 3.60. The highest BCUT2D eigenvalue weighted by Crippen LogP contribution is 2.22. The zero-order valence-corrected chi connectivity index (χ0v) is 45.6. The maximum atomic E-state index is 13.0. The van der Waals surface area contributed by atoms with Crippen molar-refractivity contribution in [3.63, 3.8) is 0 Å². The number of allylic oxidation sites excluding steroid dienone is 23. The molecule has 7 atom stereocenters. The normalized spacial score (nSPS) is 20.2. The van der Waals surface area contributed by atoms with Crippen LogP contribution in [0.2, 0.25) is 0 Å². The van der Waals surface area contributed by atoms with Gasteiger partial charge in [-0.1, -0.05) is 217 Å². The SMILES string of the molecule is CC/C=C\C/C=C\C/C=C\C/C=C\C/C=C\C/C=C\C/C=C\C/C=C\C/C=C\CCCCCC(=O)NC(COC1OC(CO)C(O)C(O)C1O)C(O)/C=C/CC/C=C/CC/C=C/CCCCCCCCCCC. The summed E-state index contributed by atoms with van der Waals surface area (Å²) in [5.74, 6) is -0.230. The van der Waals surface area contributed by atoms with Crippen LogP contribution in [0.25, 0.3) is 0 Å². The van der Waals surface area contributed by atoms with E-state index in [0.29, 0.717) is 12.8 Å². The van der Waals surface area contributed by atoms with Crippen molar-refractivity contribution >= 4 is 5.91 Å². The lowest BCUT2D eigenvalue weighted by Crippen LogP contribution is -2.60. The summed E-state index contributed by atoms with van der Waals surface area (Å²) in [6, 6.07) is -0.858. The molecule has 9 heteroatoms. The quantitative estimate of drug-likeness (QED) is 0.0261. The minimum Gasteiger partial charge on any atom is -0.394 e. The molecule has 0 saturated carbocycles. The molecule has 1 fully saturated rings. The Bertz CT molecular complexity index is 1650. The van der Waals surface area contributed by atoms with Crippen LogP contribution >= 0.6 is 0 Å². The molecule has 1 amide bonds. The summed E-state index contributed by atoms with van der Waals surface area (Å²) in [5.41, 5.74) is 0. The number of ether oxygens (including phenoxy) is 2. The summed E-state index contributed by atoms with van der Waals surface area (Å²) < 4.78 is 11.2. The fourth-order valence-electron chi connectivity index (χ4n) is 7.88. The van der Waals surface area contributed by atoms with E-state index >= 15 is 0 Å². The number of hydrogen-bond acceptors (Lipinski definition) is 8. The molecule has 7 unspecified atom stereocenters. The van der Waals surface area contributed by atoms with Crippen molar-refractivity contribution in [2.24, 2.45) is 0 Å². The van der Waals surface area contributed by atoms with Gasteiger partial charge in [-0.25, -0.2) is 0 Å². The average Bonchev–Trinajstić information content (AvgIpc) is 3.39. The van der Waals surface area contributed by atoms with Gasteiger partial charge in [0.1, 0.15) is 24.4 Å². The lowest BCUT2D eigenvalue weighted by molar-refractivity contribution is -0.302. The number of rotatable bonds is 46. The first-order chi connectivity index (χ1) is 35.8. The standard InChI is InChI=1S/C64H103NO8/c1-3-5-7-9-11-13-15-17-19-21-23-24-25-26-27-28-29-30-31-32-33-34-36-38-40-42-44-46-48-50-52-54-60(68)65-57(56-72-64-63(71)62(70)61(69)59(55-66)73-64)58(67)53-51-49-47-45-43-41-39-37-35-22-20-18-16-14-12-10-8-6-4-2/h5,7,11,13,17,19,23-24,26-27,29-30,32-33,35-38,42-45,51,53,57-59,61-64,66-67,69-71H,3-4,6,8-10,12,14-16,18,20-22,25,28,31,34,39-41,46-50,52,54-56H2,1-2H3,(H,65,68)/b7-5-,13-11-,19-17-,24-23-,27-26-,30-29-,33-32-,37-35+,38-36-,44-42-,45-43+,53-51+. The predicted octanol–water partition coefficient (Wildman–Crippen LogP) is 14.3. The monoisotopic (exact) mass is 1010 g/mol. The van der Waals surface area contributed by atoms with E-state index in [1.165, 1.54) is 57.8 Å². The largest absolute Gasteiger partial charge is 0.394 e. The first kappa shape index (κ1) is 67.1. The van der Waals surface area contributed by atoms with Crippen LogP contribution in [0.5, 0.6) is 0 Å². The Morgan fingerprint density at radius 3 is 1.32 bits per heavy atom. The molecule has 9 nitrogen and oxygen atoms in total. The number of unbranched alkanes of at least 4 members (excludes halogenated alkanes) is 14. The first-order valence-corrected chi connectivity index (χ1v) is 28.6. The van der Waals surface area contributed by atoms with Gasteiger partial charge >= 0.3 is 0 Å². The van der Waals surface area contributed by atoms with Crippen molar-refractivity contribution < 1.29 is 39.8 Å². The van der Waals surface area contributed by atoms with Crippen LogP contribution < -0.4 is 5.32 Å². The molecule has 0 bridgehead atoms. The lowest BCUT2D eigenvalue weighted by atomic mass is 9.99. The summed E-state index contributed by atoms with van der Waals surface area (Å²) in [4.78, 5) is 13.0.